The van der Waals surface area contributed by atoms with Gasteiger partial charge in [0.25, 0.3) is 0 Å². The zero-order valence-electron chi connectivity index (χ0n) is 10.2. The average Bonchev–Trinajstić information content (AvgIpc) is 2.40. The van der Waals surface area contributed by atoms with E-state index >= 15 is 0 Å². The van der Waals surface area contributed by atoms with E-state index < -0.39 is 11.9 Å². The van der Waals surface area contributed by atoms with Gasteiger partial charge in [-0.2, -0.15) is 0 Å². The summed E-state index contributed by atoms with van der Waals surface area (Å²) in [6.07, 6.45) is 4.41. The van der Waals surface area contributed by atoms with Gasteiger partial charge in [-0.05, 0) is 36.1 Å². The Bertz CT molecular complexity index is 520. The lowest BCUT2D eigenvalue weighted by Crippen LogP contribution is -2.07. The van der Waals surface area contributed by atoms with Crippen LogP contribution in [-0.2, 0) is 11.2 Å². The Morgan fingerprint density at radius 1 is 1.22 bits per heavy atom. The van der Waals surface area contributed by atoms with Crippen LogP contribution in [0.2, 0.25) is 0 Å². The molecule has 2 rings (SSSR count). The Hall–Kier alpha value is -2.16. The third kappa shape index (κ3) is 2.94. The molecule has 0 saturated heterocycles. The SMILES string of the molecule is CC(C(=O)O)c1ccc(Cc2cccnc2)cc1. The molecule has 3 nitrogen and oxygen atoms in total. The smallest absolute Gasteiger partial charge is 0.310 e. The topological polar surface area (TPSA) is 50.2 Å². The molecule has 0 bridgehead atoms. The lowest BCUT2D eigenvalue weighted by molar-refractivity contribution is -0.138. The van der Waals surface area contributed by atoms with Crippen LogP contribution in [0.3, 0.4) is 0 Å². The minimum atomic E-state index is -0.796. The van der Waals surface area contributed by atoms with E-state index in [9.17, 15) is 4.79 Å². The third-order valence-electron chi connectivity index (χ3n) is 2.98. The first-order valence-electron chi connectivity index (χ1n) is 5.87. The number of benzene rings is 1. The van der Waals surface area contributed by atoms with Crippen LogP contribution in [0.1, 0.15) is 29.5 Å². The second kappa shape index (κ2) is 5.45. The van der Waals surface area contributed by atoms with Gasteiger partial charge in [-0.3, -0.25) is 9.78 Å². The van der Waals surface area contributed by atoms with Gasteiger partial charge in [-0.25, -0.2) is 0 Å². The fraction of sp³-hybridized carbons (Fsp3) is 0.200. The van der Waals surface area contributed by atoms with Crippen LogP contribution in [-0.4, -0.2) is 16.1 Å². The Morgan fingerprint density at radius 2 is 1.94 bits per heavy atom. The Labute approximate surface area is 106 Å². The van der Waals surface area contributed by atoms with Crippen molar-refractivity contribution >= 4 is 5.97 Å². The largest absolute Gasteiger partial charge is 0.481 e. The summed E-state index contributed by atoms with van der Waals surface area (Å²) in [7, 11) is 0. The molecule has 0 aliphatic heterocycles. The molecular weight excluding hydrogens is 226 g/mol. The highest BCUT2D eigenvalue weighted by Crippen LogP contribution is 2.17. The maximum absolute atomic E-state index is 10.9. The van der Waals surface area contributed by atoms with Gasteiger partial charge in [0.2, 0.25) is 0 Å². The minimum absolute atomic E-state index is 0.461. The molecule has 1 aromatic heterocycles. The normalized spacial score (nSPS) is 12.1. The zero-order valence-corrected chi connectivity index (χ0v) is 10.2. The van der Waals surface area contributed by atoms with Gasteiger partial charge >= 0.3 is 5.97 Å². The van der Waals surface area contributed by atoms with E-state index in [-0.39, 0.29) is 0 Å². The number of aliphatic carboxylic acids is 1. The van der Waals surface area contributed by atoms with Crippen molar-refractivity contribution in [1.82, 2.24) is 4.98 Å². The van der Waals surface area contributed by atoms with Gasteiger partial charge in [0.05, 0.1) is 5.92 Å². The number of carboxylic acids is 1. The fourth-order valence-corrected chi connectivity index (χ4v) is 1.81. The second-order valence-electron chi connectivity index (χ2n) is 4.34. The van der Waals surface area contributed by atoms with Crippen LogP contribution in [0.4, 0.5) is 0 Å². The highest BCUT2D eigenvalue weighted by Gasteiger charge is 2.12. The number of aromatic nitrogens is 1. The highest BCUT2D eigenvalue weighted by atomic mass is 16.4. The van der Waals surface area contributed by atoms with Crippen molar-refractivity contribution in [1.29, 1.82) is 0 Å². The molecule has 92 valence electrons. The quantitative estimate of drug-likeness (QED) is 0.895. The van der Waals surface area contributed by atoms with Gasteiger partial charge in [0.1, 0.15) is 0 Å². The molecule has 2 aromatic rings. The molecule has 1 unspecified atom stereocenters. The molecular formula is C15H15NO2. The molecule has 0 amide bonds. The summed E-state index contributed by atoms with van der Waals surface area (Å²) in [5.74, 6) is -1.26. The van der Waals surface area contributed by atoms with E-state index in [0.29, 0.717) is 0 Å². The first kappa shape index (κ1) is 12.3. The van der Waals surface area contributed by atoms with Gasteiger partial charge < -0.3 is 5.11 Å². The van der Waals surface area contributed by atoms with Gasteiger partial charge in [0.15, 0.2) is 0 Å². The first-order chi connectivity index (χ1) is 8.66. The van der Waals surface area contributed by atoms with E-state index in [1.54, 1.807) is 13.1 Å². The summed E-state index contributed by atoms with van der Waals surface area (Å²) in [6.45, 7) is 1.69. The summed E-state index contributed by atoms with van der Waals surface area (Å²) in [5.41, 5.74) is 3.14. The van der Waals surface area contributed by atoms with Gasteiger partial charge in [-0.15, -0.1) is 0 Å². The molecule has 0 fully saturated rings. The zero-order chi connectivity index (χ0) is 13.0. The molecule has 1 N–H and O–H groups in total. The Morgan fingerprint density at radius 3 is 2.50 bits per heavy atom. The highest BCUT2D eigenvalue weighted by molar-refractivity contribution is 5.75. The lowest BCUT2D eigenvalue weighted by Gasteiger charge is -2.07. The number of carboxylic acid groups (broad SMARTS) is 1. The van der Waals surface area contributed by atoms with Crippen LogP contribution in [0.25, 0.3) is 0 Å². The molecule has 0 spiro atoms. The molecule has 0 radical (unpaired) electrons. The van der Waals surface area contributed by atoms with Gasteiger partial charge in [0, 0.05) is 12.4 Å². The summed E-state index contributed by atoms with van der Waals surface area (Å²) < 4.78 is 0. The molecule has 1 heterocycles. The molecule has 18 heavy (non-hydrogen) atoms. The number of carbonyl (C=O) groups is 1. The lowest BCUT2D eigenvalue weighted by atomic mass is 9.98. The summed E-state index contributed by atoms with van der Waals surface area (Å²) in [5, 5.41) is 8.93. The number of rotatable bonds is 4. The molecule has 3 heteroatoms. The van der Waals surface area contributed by atoms with E-state index in [2.05, 4.69) is 4.98 Å². The molecule has 0 aliphatic rings. The van der Waals surface area contributed by atoms with Crippen molar-refractivity contribution in [2.45, 2.75) is 19.3 Å². The number of hydrogen-bond acceptors (Lipinski definition) is 2. The van der Waals surface area contributed by atoms with E-state index in [4.69, 9.17) is 5.11 Å². The van der Waals surface area contributed by atoms with Crippen molar-refractivity contribution in [2.24, 2.45) is 0 Å². The maximum Gasteiger partial charge on any atom is 0.310 e. The van der Waals surface area contributed by atoms with Crippen molar-refractivity contribution in [3.05, 3.63) is 65.5 Å². The van der Waals surface area contributed by atoms with Crippen molar-refractivity contribution in [2.75, 3.05) is 0 Å². The molecule has 1 aromatic carbocycles. The number of pyridine rings is 1. The van der Waals surface area contributed by atoms with Crippen molar-refractivity contribution < 1.29 is 9.90 Å². The summed E-state index contributed by atoms with van der Waals surface area (Å²) >= 11 is 0. The second-order valence-corrected chi connectivity index (χ2v) is 4.34. The minimum Gasteiger partial charge on any atom is -0.481 e. The first-order valence-corrected chi connectivity index (χ1v) is 5.87. The van der Waals surface area contributed by atoms with Gasteiger partial charge in [-0.1, -0.05) is 30.3 Å². The Kier molecular flexibility index (Phi) is 3.72. The number of nitrogens with zero attached hydrogens (tertiary/aromatic N) is 1. The molecule has 0 aliphatic carbocycles. The van der Waals surface area contributed by atoms with E-state index in [0.717, 1.165) is 23.1 Å². The fourth-order valence-electron chi connectivity index (χ4n) is 1.81. The number of hydrogen-bond donors (Lipinski definition) is 1. The van der Waals surface area contributed by atoms with Crippen molar-refractivity contribution in [3.8, 4) is 0 Å². The molecule has 1 atom stereocenters. The summed E-state index contributed by atoms with van der Waals surface area (Å²) in [6, 6.07) is 11.6. The van der Waals surface area contributed by atoms with Crippen LogP contribution in [0.15, 0.2) is 48.8 Å². The van der Waals surface area contributed by atoms with E-state index in [1.807, 2.05) is 42.6 Å². The van der Waals surface area contributed by atoms with Crippen LogP contribution in [0.5, 0.6) is 0 Å². The maximum atomic E-state index is 10.9. The molecule has 0 saturated carbocycles. The predicted octanol–water partition coefficient (Wildman–Crippen LogP) is 2.86. The summed E-state index contributed by atoms with van der Waals surface area (Å²) in [4.78, 5) is 14.9. The standard InChI is InChI=1S/C15H15NO2/c1-11(15(17)18)14-6-4-12(5-7-14)9-13-3-2-8-16-10-13/h2-8,10-11H,9H2,1H3,(H,17,18). The predicted molar refractivity (Wildman–Crippen MR) is 69.5 cm³/mol. The third-order valence-corrected chi connectivity index (χ3v) is 2.98. The van der Waals surface area contributed by atoms with Crippen molar-refractivity contribution in [3.63, 3.8) is 0 Å². The Balaban J connectivity index is 2.11. The van der Waals surface area contributed by atoms with Crippen LogP contribution >= 0.6 is 0 Å². The average molecular weight is 241 g/mol. The van der Waals surface area contributed by atoms with E-state index in [1.165, 1.54) is 0 Å². The van der Waals surface area contributed by atoms with Crippen LogP contribution in [0, 0.1) is 0 Å². The van der Waals surface area contributed by atoms with Crippen LogP contribution < -0.4 is 0 Å². The monoisotopic (exact) mass is 241 g/mol.